The second-order valence-electron chi connectivity index (χ2n) is 4.20. The number of nitrogens with one attached hydrogen (secondary N) is 1. The van der Waals surface area contributed by atoms with Gasteiger partial charge in [0.15, 0.2) is 11.5 Å². The van der Waals surface area contributed by atoms with Crippen LogP contribution < -0.4 is 25.3 Å². The third-order valence-electron chi connectivity index (χ3n) is 2.79. The quantitative estimate of drug-likeness (QED) is 0.687. The highest BCUT2D eigenvalue weighted by Crippen LogP contribution is 2.38. The fourth-order valence-corrected chi connectivity index (χ4v) is 1.82. The highest BCUT2D eigenvalue weighted by Gasteiger charge is 2.14. The zero-order valence-corrected chi connectivity index (χ0v) is 12.2. The number of ether oxygens (including phenoxy) is 3. The van der Waals surface area contributed by atoms with E-state index in [2.05, 4.69) is 5.32 Å². The predicted molar refractivity (Wildman–Crippen MR) is 76.5 cm³/mol. The fraction of sp³-hybridized carbons (Fsp3) is 0.500. The molecule has 20 heavy (non-hydrogen) atoms. The van der Waals surface area contributed by atoms with Crippen molar-refractivity contribution in [3.63, 3.8) is 0 Å². The summed E-state index contributed by atoms with van der Waals surface area (Å²) in [4.78, 5) is 11.8. The number of hydrogen-bond acceptors (Lipinski definition) is 5. The van der Waals surface area contributed by atoms with Crippen LogP contribution in [0.1, 0.15) is 12.0 Å². The summed E-state index contributed by atoms with van der Waals surface area (Å²) in [6.07, 6.45) is 1.02. The Balaban J connectivity index is 2.82. The molecule has 3 N–H and O–H groups in total. The van der Waals surface area contributed by atoms with Crippen LogP contribution in [0.2, 0.25) is 0 Å². The first-order valence-corrected chi connectivity index (χ1v) is 6.41. The molecular formula is C14H22N2O4. The van der Waals surface area contributed by atoms with Gasteiger partial charge in [-0.15, -0.1) is 0 Å². The molecule has 112 valence electrons. The van der Waals surface area contributed by atoms with Crippen molar-refractivity contribution in [3.05, 3.63) is 17.7 Å². The number of nitrogens with two attached hydrogens (primary N) is 1. The van der Waals surface area contributed by atoms with Crippen molar-refractivity contribution in [1.82, 2.24) is 5.32 Å². The number of rotatable bonds is 8. The highest BCUT2D eigenvalue weighted by atomic mass is 16.5. The summed E-state index contributed by atoms with van der Waals surface area (Å²) in [5.41, 5.74) is 6.17. The minimum Gasteiger partial charge on any atom is -0.493 e. The van der Waals surface area contributed by atoms with Gasteiger partial charge < -0.3 is 25.3 Å². The van der Waals surface area contributed by atoms with E-state index in [0.717, 1.165) is 12.0 Å². The van der Waals surface area contributed by atoms with Crippen LogP contribution in [-0.2, 0) is 11.2 Å². The van der Waals surface area contributed by atoms with Gasteiger partial charge in [-0.2, -0.15) is 0 Å². The number of carbonyl (C=O) groups is 1. The van der Waals surface area contributed by atoms with Crippen LogP contribution >= 0.6 is 0 Å². The van der Waals surface area contributed by atoms with E-state index in [1.807, 2.05) is 0 Å². The molecule has 0 spiro atoms. The van der Waals surface area contributed by atoms with Crippen LogP contribution in [-0.4, -0.2) is 40.3 Å². The normalized spacial score (nSPS) is 10.0. The van der Waals surface area contributed by atoms with Crippen LogP contribution in [0.5, 0.6) is 17.2 Å². The average Bonchev–Trinajstić information content (AvgIpc) is 2.46. The standard InChI is InChI=1S/C14H22N2O4/c1-18-11-7-10(8-12(19-2)14(11)20-3)9-13(17)16-6-4-5-15/h7-8H,4-6,9,15H2,1-3H3,(H,16,17). The van der Waals surface area contributed by atoms with Crippen LogP contribution in [0.3, 0.4) is 0 Å². The molecule has 0 aromatic heterocycles. The Kier molecular flexibility index (Phi) is 6.66. The summed E-state index contributed by atoms with van der Waals surface area (Å²) in [6.45, 7) is 1.14. The van der Waals surface area contributed by atoms with E-state index in [1.54, 1.807) is 33.5 Å². The second kappa shape index (κ2) is 8.27. The number of methoxy groups -OCH3 is 3. The van der Waals surface area contributed by atoms with Gasteiger partial charge in [0.1, 0.15) is 0 Å². The fourth-order valence-electron chi connectivity index (χ4n) is 1.82. The summed E-state index contributed by atoms with van der Waals surface area (Å²) in [6, 6.07) is 3.54. The third-order valence-corrected chi connectivity index (χ3v) is 2.79. The molecule has 0 aliphatic rings. The first kappa shape index (κ1) is 16.1. The zero-order valence-electron chi connectivity index (χ0n) is 12.2. The Bertz CT molecular complexity index is 424. The molecule has 0 heterocycles. The van der Waals surface area contributed by atoms with Crippen LogP contribution in [0.25, 0.3) is 0 Å². The molecule has 0 atom stereocenters. The van der Waals surface area contributed by atoms with E-state index in [-0.39, 0.29) is 12.3 Å². The lowest BCUT2D eigenvalue weighted by Crippen LogP contribution is -2.27. The van der Waals surface area contributed by atoms with Crippen molar-refractivity contribution in [1.29, 1.82) is 0 Å². The maximum absolute atomic E-state index is 11.8. The van der Waals surface area contributed by atoms with Gasteiger partial charge in [0.05, 0.1) is 27.8 Å². The minimum atomic E-state index is -0.0623. The summed E-state index contributed by atoms with van der Waals surface area (Å²) < 4.78 is 15.7. The molecule has 0 unspecified atom stereocenters. The largest absolute Gasteiger partial charge is 0.493 e. The third kappa shape index (κ3) is 4.31. The average molecular weight is 282 g/mol. The molecular weight excluding hydrogens is 260 g/mol. The van der Waals surface area contributed by atoms with E-state index < -0.39 is 0 Å². The van der Waals surface area contributed by atoms with Gasteiger partial charge in [-0.25, -0.2) is 0 Å². The molecule has 1 aromatic carbocycles. The second-order valence-corrected chi connectivity index (χ2v) is 4.20. The first-order valence-electron chi connectivity index (χ1n) is 6.41. The Labute approximate surface area is 119 Å². The smallest absolute Gasteiger partial charge is 0.224 e. The number of amides is 1. The Morgan fingerprint density at radius 3 is 2.20 bits per heavy atom. The first-order chi connectivity index (χ1) is 9.65. The number of benzene rings is 1. The van der Waals surface area contributed by atoms with Crippen LogP contribution in [0.15, 0.2) is 12.1 Å². The lowest BCUT2D eigenvalue weighted by atomic mass is 10.1. The van der Waals surface area contributed by atoms with Crippen molar-refractivity contribution in [3.8, 4) is 17.2 Å². The molecule has 6 nitrogen and oxygen atoms in total. The Morgan fingerprint density at radius 2 is 1.75 bits per heavy atom. The lowest BCUT2D eigenvalue weighted by Gasteiger charge is -2.14. The van der Waals surface area contributed by atoms with Crippen molar-refractivity contribution >= 4 is 5.91 Å². The van der Waals surface area contributed by atoms with Gasteiger partial charge in [0.2, 0.25) is 11.7 Å². The molecule has 1 rings (SSSR count). The molecule has 0 saturated carbocycles. The van der Waals surface area contributed by atoms with E-state index in [9.17, 15) is 4.79 Å². The lowest BCUT2D eigenvalue weighted by molar-refractivity contribution is -0.120. The monoisotopic (exact) mass is 282 g/mol. The maximum Gasteiger partial charge on any atom is 0.224 e. The molecule has 0 aliphatic heterocycles. The van der Waals surface area contributed by atoms with Gasteiger partial charge in [0.25, 0.3) is 0 Å². The van der Waals surface area contributed by atoms with Crippen molar-refractivity contribution in [2.24, 2.45) is 5.73 Å². The predicted octanol–water partition coefficient (Wildman–Crippen LogP) is 0.720. The number of carbonyl (C=O) groups excluding carboxylic acids is 1. The van der Waals surface area contributed by atoms with Crippen molar-refractivity contribution < 1.29 is 19.0 Å². The summed E-state index contributed by atoms with van der Waals surface area (Å²) in [5.74, 6) is 1.53. The van der Waals surface area contributed by atoms with Crippen LogP contribution in [0, 0.1) is 0 Å². The molecule has 0 bridgehead atoms. The summed E-state index contributed by atoms with van der Waals surface area (Å²) in [7, 11) is 4.63. The highest BCUT2D eigenvalue weighted by molar-refractivity contribution is 5.79. The molecule has 0 fully saturated rings. The van der Waals surface area contributed by atoms with Gasteiger partial charge in [0, 0.05) is 6.54 Å². The van der Waals surface area contributed by atoms with Crippen molar-refractivity contribution in [2.75, 3.05) is 34.4 Å². The zero-order chi connectivity index (χ0) is 15.0. The summed E-state index contributed by atoms with van der Waals surface area (Å²) in [5, 5.41) is 2.80. The molecule has 0 aliphatic carbocycles. The topological polar surface area (TPSA) is 82.8 Å². The van der Waals surface area contributed by atoms with Gasteiger partial charge >= 0.3 is 0 Å². The van der Waals surface area contributed by atoms with Gasteiger partial charge in [-0.1, -0.05) is 0 Å². The minimum absolute atomic E-state index is 0.0623. The van der Waals surface area contributed by atoms with Crippen molar-refractivity contribution in [2.45, 2.75) is 12.8 Å². The molecule has 6 heteroatoms. The van der Waals surface area contributed by atoms with E-state index in [1.165, 1.54) is 0 Å². The molecule has 1 amide bonds. The Hall–Kier alpha value is -1.95. The van der Waals surface area contributed by atoms with Crippen LogP contribution in [0.4, 0.5) is 0 Å². The van der Waals surface area contributed by atoms with Gasteiger partial charge in [-0.3, -0.25) is 4.79 Å². The Morgan fingerprint density at radius 1 is 1.15 bits per heavy atom. The SMILES string of the molecule is COc1cc(CC(=O)NCCCN)cc(OC)c1OC. The summed E-state index contributed by atoms with van der Waals surface area (Å²) >= 11 is 0. The molecule has 0 radical (unpaired) electrons. The van der Waals surface area contributed by atoms with Gasteiger partial charge in [-0.05, 0) is 30.7 Å². The molecule has 0 saturated heterocycles. The van der Waals surface area contributed by atoms with E-state index >= 15 is 0 Å². The molecule has 1 aromatic rings. The maximum atomic E-state index is 11.8. The van der Waals surface area contributed by atoms with E-state index in [0.29, 0.717) is 30.3 Å². The number of hydrogen-bond donors (Lipinski definition) is 2. The van der Waals surface area contributed by atoms with E-state index in [4.69, 9.17) is 19.9 Å².